The Hall–Kier alpha value is -1.70. The topological polar surface area (TPSA) is 25.2 Å². The van der Waals surface area contributed by atoms with Gasteiger partial charge in [0.1, 0.15) is 0 Å². The standard InChI is InChI=1S/C15H18N2/c1-2-9-16-10-5-6-13-11-14-7-3-4-8-15(14)17-12-13/h3-4,7-9,11-12H,2,5-6,10H2,1H3. The number of aliphatic imine (C=N–C) groups is 1. The van der Waals surface area contributed by atoms with Gasteiger partial charge in [-0.1, -0.05) is 25.1 Å². The van der Waals surface area contributed by atoms with Crippen molar-refractivity contribution in [3.8, 4) is 0 Å². The molecular weight excluding hydrogens is 208 g/mol. The first kappa shape index (κ1) is 11.8. The van der Waals surface area contributed by atoms with Crippen LogP contribution in [0.5, 0.6) is 0 Å². The lowest BCUT2D eigenvalue weighted by Crippen LogP contribution is -1.91. The third kappa shape index (κ3) is 3.38. The maximum absolute atomic E-state index is 4.46. The number of rotatable bonds is 5. The number of aromatic nitrogens is 1. The van der Waals surface area contributed by atoms with Crippen molar-refractivity contribution < 1.29 is 0 Å². The van der Waals surface area contributed by atoms with Crippen molar-refractivity contribution in [1.29, 1.82) is 0 Å². The molecule has 0 saturated carbocycles. The summed E-state index contributed by atoms with van der Waals surface area (Å²) in [5.41, 5.74) is 2.37. The molecule has 2 aromatic rings. The van der Waals surface area contributed by atoms with E-state index in [9.17, 15) is 0 Å². The molecule has 0 bridgehead atoms. The number of fused-ring (bicyclic) bond motifs is 1. The second-order valence-corrected chi connectivity index (χ2v) is 4.14. The molecule has 0 N–H and O–H groups in total. The molecule has 0 fully saturated rings. The molecule has 1 aromatic heterocycles. The Morgan fingerprint density at radius 1 is 1.29 bits per heavy atom. The van der Waals surface area contributed by atoms with Crippen LogP contribution in [0, 0.1) is 0 Å². The minimum atomic E-state index is 0.917. The first-order chi connectivity index (χ1) is 8.40. The van der Waals surface area contributed by atoms with E-state index in [4.69, 9.17) is 0 Å². The second kappa shape index (κ2) is 6.14. The Morgan fingerprint density at radius 2 is 2.18 bits per heavy atom. The highest BCUT2D eigenvalue weighted by Crippen LogP contribution is 2.13. The van der Waals surface area contributed by atoms with E-state index in [1.54, 1.807) is 0 Å². The Bertz CT molecular complexity index is 503. The molecule has 0 amide bonds. The molecule has 1 aromatic carbocycles. The van der Waals surface area contributed by atoms with Gasteiger partial charge in [-0.2, -0.15) is 0 Å². The van der Waals surface area contributed by atoms with E-state index in [1.807, 2.05) is 24.5 Å². The van der Waals surface area contributed by atoms with Gasteiger partial charge in [0.05, 0.1) is 5.52 Å². The molecule has 0 radical (unpaired) electrons. The van der Waals surface area contributed by atoms with E-state index < -0.39 is 0 Å². The Kier molecular flexibility index (Phi) is 4.25. The van der Waals surface area contributed by atoms with Crippen LogP contribution in [0.1, 0.15) is 25.3 Å². The molecule has 0 aliphatic heterocycles. The fraction of sp³-hybridized carbons (Fsp3) is 0.333. The van der Waals surface area contributed by atoms with Gasteiger partial charge in [0.2, 0.25) is 0 Å². The molecule has 0 spiro atoms. The Morgan fingerprint density at radius 3 is 3.06 bits per heavy atom. The molecule has 0 aliphatic carbocycles. The van der Waals surface area contributed by atoms with Crippen LogP contribution >= 0.6 is 0 Å². The molecule has 2 rings (SSSR count). The zero-order valence-electron chi connectivity index (χ0n) is 10.3. The number of para-hydroxylation sites is 1. The SMILES string of the molecule is CCC=NCCCc1cnc2ccccc2c1. The van der Waals surface area contributed by atoms with E-state index in [-0.39, 0.29) is 0 Å². The number of hydrogen-bond acceptors (Lipinski definition) is 2. The summed E-state index contributed by atoms with van der Waals surface area (Å²) < 4.78 is 0. The first-order valence-electron chi connectivity index (χ1n) is 6.22. The predicted octanol–water partition coefficient (Wildman–Crippen LogP) is 3.65. The van der Waals surface area contributed by atoms with Crippen molar-refractivity contribution in [2.75, 3.05) is 6.54 Å². The molecule has 2 heteroatoms. The minimum Gasteiger partial charge on any atom is -0.298 e. The molecule has 2 nitrogen and oxygen atoms in total. The smallest absolute Gasteiger partial charge is 0.0702 e. The summed E-state index contributed by atoms with van der Waals surface area (Å²) >= 11 is 0. The van der Waals surface area contributed by atoms with Crippen LogP contribution in [0.3, 0.4) is 0 Å². The van der Waals surface area contributed by atoms with Crippen LogP contribution in [0.2, 0.25) is 0 Å². The number of aryl methyl sites for hydroxylation is 1. The number of nitrogens with zero attached hydrogens (tertiary/aromatic N) is 2. The van der Waals surface area contributed by atoms with E-state index in [0.717, 1.165) is 31.3 Å². The van der Waals surface area contributed by atoms with E-state index in [2.05, 4.69) is 35.1 Å². The lowest BCUT2D eigenvalue weighted by molar-refractivity contribution is 0.832. The molecule has 88 valence electrons. The quantitative estimate of drug-likeness (QED) is 0.564. The number of benzene rings is 1. The summed E-state index contributed by atoms with van der Waals surface area (Å²) in [6.45, 7) is 3.03. The third-order valence-electron chi connectivity index (χ3n) is 2.71. The van der Waals surface area contributed by atoms with Gasteiger partial charge in [-0.3, -0.25) is 9.98 Å². The summed E-state index contributed by atoms with van der Waals surface area (Å²) in [6, 6.07) is 10.5. The van der Waals surface area contributed by atoms with Gasteiger partial charge in [0, 0.05) is 18.1 Å². The van der Waals surface area contributed by atoms with Gasteiger partial charge in [0.25, 0.3) is 0 Å². The zero-order valence-corrected chi connectivity index (χ0v) is 10.3. The van der Waals surface area contributed by atoms with E-state index in [0.29, 0.717) is 0 Å². The average molecular weight is 226 g/mol. The van der Waals surface area contributed by atoms with Gasteiger partial charge in [-0.05, 0) is 43.2 Å². The maximum atomic E-state index is 4.46. The highest BCUT2D eigenvalue weighted by molar-refractivity contribution is 5.78. The van der Waals surface area contributed by atoms with Crippen molar-refractivity contribution >= 4 is 17.1 Å². The summed E-state index contributed by atoms with van der Waals surface area (Å²) in [4.78, 5) is 8.78. The Balaban J connectivity index is 1.97. The fourth-order valence-corrected chi connectivity index (χ4v) is 1.85. The summed E-state index contributed by atoms with van der Waals surface area (Å²) in [5.74, 6) is 0. The van der Waals surface area contributed by atoms with Gasteiger partial charge >= 0.3 is 0 Å². The van der Waals surface area contributed by atoms with Crippen molar-refractivity contribution in [2.24, 2.45) is 4.99 Å². The molecule has 0 saturated heterocycles. The van der Waals surface area contributed by atoms with Crippen LogP contribution in [0.4, 0.5) is 0 Å². The molecule has 17 heavy (non-hydrogen) atoms. The summed E-state index contributed by atoms with van der Waals surface area (Å²) in [7, 11) is 0. The van der Waals surface area contributed by atoms with Crippen molar-refractivity contribution in [3.05, 3.63) is 42.1 Å². The molecular formula is C15H18N2. The highest BCUT2D eigenvalue weighted by atomic mass is 14.7. The molecule has 0 aliphatic rings. The van der Waals surface area contributed by atoms with Crippen molar-refractivity contribution in [1.82, 2.24) is 4.98 Å². The van der Waals surface area contributed by atoms with Gasteiger partial charge in [-0.25, -0.2) is 0 Å². The molecule has 0 unspecified atom stereocenters. The predicted molar refractivity (Wildman–Crippen MR) is 73.7 cm³/mol. The minimum absolute atomic E-state index is 0.917. The van der Waals surface area contributed by atoms with Crippen molar-refractivity contribution in [3.63, 3.8) is 0 Å². The van der Waals surface area contributed by atoms with Crippen LogP contribution < -0.4 is 0 Å². The second-order valence-electron chi connectivity index (χ2n) is 4.14. The van der Waals surface area contributed by atoms with Crippen molar-refractivity contribution in [2.45, 2.75) is 26.2 Å². The monoisotopic (exact) mass is 226 g/mol. The van der Waals surface area contributed by atoms with E-state index in [1.165, 1.54) is 10.9 Å². The molecule has 0 atom stereocenters. The van der Waals surface area contributed by atoms with Gasteiger partial charge < -0.3 is 0 Å². The maximum Gasteiger partial charge on any atom is 0.0702 e. The third-order valence-corrected chi connectivity index (χ3v) is 2.71. The normalized spacial score (nSPS) is 11.4. The largest absolute Gasteiger partial charge is 0.298 e. The van der Waals surface area contributed by atoms with Crippen LogP contribution in [-0.4, -0.2) is 17.7 Å². The lowest BCUT2D eigenvalue weighted by Gasteiger charge is -2.01. The number of hydrogen-bond donors (Lipinski definition) is 0. The zero-order chi connectivity index (χ0) is 11.9. The summed E-state index contributed by atoms with van der Waals surface area (Å²) in [5, 5.41) is 1.22. The Labute approximate surface area is 102 Å². The number of pyridine rings is 1. The fourth-order valence-electron chi connectivity index (χ4n) is 1.85. The average Bonchev–Trinajstić information content (AvgIpc) is 2.38. The first-order valence-corrected chi connectivity index (χ1v) is 6.22. The van der Waals surface area contributed by atoms with Crippen LogP contribution in [-0.2, 0) is 6.42 Å². The highest BCUT2D eigenvalue weighted by Gasteiger charge is 1.97. The van der Waals surface area contributed by atoms with Crippen LogP contribution in [0.15, 0.2) is 41.5 Å². The van der Waals surface area contributed by atoms with Gasteiger partial charge in [0.15, 0.2) is 0 Å². The van der Waals surface area contributed by atoms with Gasteiger partial charge in [-0.15, -0.1) is 0 Å². The van der Waals surface area contributed by atoms with Crippen LogP contribution in [0.25, 0.3) is 10.9 Å². The lowest BCUT2D eigenvalue weighted by atomic mass is 10.1. The van der Waals surface area contributed by atoms with E-state index >= 15 is 0 Å². The summed E-state index contributed by atoms with van der Waals surface area (Å²) in [6.07, 6.45) is 7.14. The molecule has 1 heterocycles.